The molecule has 7 heteroatoms. The minimum absolute atomic E-state index is 0.313. The Labute approximate surface area is 158 Å². The van der Waals surface area contributed by atoms with Gasteiger partial charge in [-0.15, -0.1) is 22.7 Å². The van der Waals surface area contributed by atoms with Gasteiger partial charge in [0.15, 0.2) is 6.10 Å². The van der Waals surface area contributed by atoms with Crippen LogP contribution in [0.15, 0.2) is 53.9 Å². The van der Waals surface area contributed by atoms with Crippen LogP contribution < -0.4 is 5.32 Å². The van der Waals surface area contributed by atoms with Crippen molar-refractivity contribution in [2.24, 2.45) is 0 Å². The van der Waals surface area contributed by atoms with E-state index in [0.717, 1.165) is 15.3 Å². The third kappa shape index (κ3) is 4.56. The predicted octanol–water partition coefficient (Wildman–Crippen LogP) is 4.48. The highest BCUT2D eigenvalue weighted by molar-refractivity contribution is 7.17. The number of esters is 1. The summed E-state index contributed by atoms with van der Waals surface area (Å²) in [7, 11) is 0. The molecule has 0 aliphatic rings. The molecule has 0 saturated carbocycles. The normalized spacial score (nSPS) is 11.8. The smallest absolute Gasteiger partial charge is 0.349 e. The summed E-state index contributed by atoms with van der Waals surface area (Å²) in [6, 6.07) is 13.3. The van der Waals surface area contributed by atoms with Crippen LogP contribution >= 0.6 is 22.7 Å². The lowest BCUT2D eigenvalue weighted by Gasteiger charge is -2.12. The van der Waals surface area contributed by atoms with Gasteiger partial charge in [0.1, 0.15) is 10.7 Å². The Kier molecular flexibility index (Phi) is 5.80. The van der Waals surface area contributed by atoms with E-state index >= 15 is 0 Å². The average molecular weight is 389 g/mol. The minimum atomic E-state index is -0.890. The molecule has 1 aromatic carbocycles. The zero-order chi connectivity index (χ0) is 18.5. The van der Waals surface area contributed by atoms with Crippen LogP contribution in [0, 0.1) is 5.82 Å². The third-order valence-electron chi connectivity index (χ3n) is 3.61. The number of rotatable bonds is 6. The van der Waals surface area contributed by atoms with Gasteiger partial charge in [0, 0.05) is 9.75 Å². The van der Waals surface area contributed by atoms with Crippen LogP contribution in [0.4, 0.5) is 4.39 Å². The molecule has 0 fully saturated rings. The largest absolute Gasteiger partial charge is 0.448 e. The quantitative estimate of drug-likeness (QED) is 0.633. The molecule has 3 rings (SSSR count). The topological polar surface area (TPSA) is 55.4 Å². The second kappa shape index (κ2) is 8.25. The number of hydrogen-bond acceptors (Lipinski definition) is 5. The zero-order valence-electron chi connectivity index (χ0n) is 13.9. The van der Waals surface area contributed by atoms with Crippen molar-refractivity contribution in [2.75, 3.05) is 0 Å². The van der Waals surface area contributed by atoms with E-state index in [1.54, 1.807) is 35.6 Å². The van der Waals surface area contributed by atoms with Crippen molar-refractivity contribution in [3.8, 4) is 10.4 Å². The molecule has 2 aromatic heterocycles. The maximum Gasteiger partial charge on any atom is 0.349 e. The average Bonchev–Trinajstić information content (AvgIpc) is 3.32. The Balaban J connectivity index is 1.57. The van der Waals surface area contributed by atoms with E-state index in [1.807, 2.05) is 17.5 Å². The van der Waals surface area contributed by atoms with Crippen LogP contribution in [-0.4, -0.2) is 18.0 Å². The molecule has 0 saturated heterocycles. The maximum absolute atomic E-state index is 13.0. The Bertz CT molecular complexity index is 888. The molecule has 1 unspecified atom stereocenters. The van der Waals surface area contributed by atoms with Gasteiger partial charge in [0.05, 0.1) is 6.54 Å². The van der Waals surface area contributed by atoms with Crippen LogP contribution in [0.25, 0.3) is 10.4 Å². The molecule has 1 amide bonds. The number of halogens is 1. The Morgan fingerprint density at radius 3 is 2.62 bits per heavy atom. The first kappa shape index (κ1) is 18.3. The van der Waals surface area contributed by atoms with Crippen molar-refractivity contribution in [2.45, 2.75) is 19.6 Å². The van der Waals surface area contributed by atoms with E-state index in [1.165, 1.54) is 30.4 Å². The lowest BCUT2D eigenvalue weighted by molar-refractivity contribution is -0.129. The summed E-state index contributed by atoms with van der Waals surface area (Å²) in [5.41, 5.74) is 0.817. The SMILES string of the molecule is CC(OC(=O)c1ccc(-c2ccc(F)cc2)s1)C(=O)NCc1cccs1. The molecule has 134 valence electrons. The van der Waals surface area contributed by atoms with Crippen LogP contribution in [0.2, 0.25) is 0 Å². The van der Waals surface area contributed by atoms with Gasteiger partial charge in [-0.3, -0.25) is 4.79 Å². The van der Waals surface area contributed by atoms with Crippen LogP contribution in [0.5, 0.6) is 0 Å². The number of benzene rings is 1. The second-order valence-electron chi connectivity index (χ2n) is 5.52. The van der Waals surface area contributed by atoms with Crippen molar-refractivity contribution in [3.63, 3.8) is 0 Å². The highest BCUT2D eigenvalue weighted by atomic mass is 32.1. The summed E-state index contributed by atoms with van der Waals surface area (Å²) >= 11 is 2.78. The fourth-order valence-corrected chi connectivity index (χ4v) is 3.76. The molecule has 0 aliphatic heterocycles. The number of carbonyl (C=O) groups is 2. The van der Waals surface area contributed by atoms with E-state index in [0.29, 0.717) is 11.4 Å². The Hall–Kier alpha value is -2.51. The van der Waals surface area contributed by atoms with Crippen molar-refractivity contribution < 1.29 is 18.7 Å². The molecule has 0 aliphatic carbocycles. The van der Waals surface area contributed by atoms with Gasteiger partial charge in [-0.1, -0.05) is 18.2 Å². The van der Waals surface area contributed by atoms with Gasteiger partial charge in [0.25, 0.3) is 5.91 Å². The number of nitrogens with one attached hydrogen (secondary N) is 1. The second-order valence-corrected chi connectivity index (χ2v) is 7.63. The van der Waals surface area contributed by atoms with E-state index in [2.05, 4.69) is 5.32 Å². The van der Waals surface area contributed by atoms with E-state index in [-0.39, 0.29) is 11.7 Å². The van der Waals surface area contributed by atoms with Gasteiger partial charge >= 0.3 is 5.97 Å². The van der Waals surface area contributed by atoms with E-state index in [4.69, 9.17) is 4.74 Å². The molecule has 1 atom stereocenters. The van der Waals surface area contributed by atoms with Gasteiger partial charge in [-0.2, -0.15) is 0 Å². The molecular formula is C19H16FNO3S2. The van der Waals surface area contributed by atoms with Gasteiger partial charge in [0.2, 0.25) is 0 Å². The van der Waals surface area contributed by atoms with Crippen molar-refractivity contribution >= 4 is 34.6 Å². The summed E-state index contributed by atoms with van der Waals surface area (Å²) in [6.07, 6.45) is -0.890. The summed E-state index contributed by atoms with van der Waals surface area (Å²) < 4.78 is 18.2. The fraction of sp³-hybridized carbons (Fsp3) is 0.158. The van der Waals surface area contributed by atoms with E-state index in [9.17, 15) is 14.0 Å². The lowest BCUT2D eigenvalue weighted by atomic mass is 10.2. The van der Waals surface area contributed by atoms with Gasteiger partial charge < -0.3 is 10.1 Å². The van der Waals surface area contributed by atoms with Gasteiger partial charge in [-0.05, 0) is 48.2 Å². The molecule has 2 heterocycles. The number of thiophene rings is 2. The highest BCUT2D eigenvalue weighted by Gasteiger charge is 2.20. The molecule has 0 bridgehead atoms. The minimum Gasteiger partial charge on any atom is -0.448 e. The first-order valence-corrected chi connectivity index (χ1v) is 9.59. The van der Waals surface area contributed by atoms with Crippen LogP contribution in [0.1, 0.15) is 21.5 Å². The molecule has 4 nitrogen and oxygen atoms in total. The summed E-state index contributed by atoms with van der Waals surface area (Å²) in [6.45, 7) is 1.95. The molecule has 26 heavy (non-hydrogen) atoms. The molecular weight excluding hydrogens is 373 g/mol. The van der Waals surface area contributed by atoms with Crippen LogP contribution in [-0.2, 0) is 16.1 Å². The Morgan fingerprint density at radius 2 is 1.92 bits per heavy atom. The van der Waals surface area contributed by atoms with Crippen molar-refractivity contribution in [1.29, 1.82) is 0 Å². The zero-order valence-corrected chi connectivity index (χ0v) is 15.5. The molecule has 1 N–H and O–H groups in total. The van der Waals surface area contributed by atoms with Crippen molar-refractivity contribution in [1.82, 2.24) is 5.32 Å². The first-order valence-electron chi connectivity index (χ1n) is 7.90. The first-order chi connectivity index (χ1) is 12.5. The third-order valence-corrected chi connectivity index (χ3v) is 5.60. The van der Waals surface area contributed by atoms with Crippen molar-refractivity contribution in [3.05, 3.63) is 69.5 Å². The van der Waals surface area contributed by atoms with Crippen LogP contribution in [0.3, 0.4) is 0 Å². The maximum atomic E-state index is 13.0. The fourth-order valence-electron chi connectivity index (χ4n) is 2.22. The molecule has 0 spiro atoms. The molecule has 0 radical (unpaired) electrons. The van der Waals surface area contributed by atoms with Gasteiger partial charge in [-0.25, -0.2) is 9.18 Å². The lowest BCUT2D eigenvalue weighted by Crippen LogP contribution is -2.35. The standard InChI is InChI=1S/C19H16FNO3S2/c1-12(18(22)21-11-15-3-2-10-25-15)24-19(23)17-9-8-16(26-17)13-4-6-14(20)7-5-13/h2-10,12H,11H2,1H3,(H,21,22). The Morgan fingerprint density at radius 1 is 1.15 bits per heavy atom. The van der Waals surface area contributed by atoms with E-state index < -0.39 is 12.1 Å². The summed E-state index contributed by atoms with van der Waals surface area (Å²) in [5, 5.41) is 4.67. The number of amides is 1. The summed E-state index contributed by atoms with van der Waals surface area (Å²) in [4.78, 5) is 26.5. The molecule has 3 aromatic rings. The monoisotopic (exact) mass is 389 g/mol. The summed E-state index contributed by atoms with van der Waals surface area (Å²) in [5.74, 6) is -1.21. The number of carbonyl (C=O) groups excluding carboxylic acids is 2. The highest BCUT2D eigenvalue weighted by Crippen LogP contribution is 2.28. The number of ether oxygens (including phenoxy) is 1. The predicted molar refractivity (Wildman–Crippen MR) is 101 cm³/mol. The number of hydrogen-bond donors (Lipinski definition) is 1.